The van der Waals surface area contributed by atoms with E-state index in [0.717, 1.165) is 17.8 Å². The summed E-state index contributed by atoms with van der Waals surface area (Å²) in [4.78, 5) is 8.00. The Balaban J connectivity index is 2.52. The third-order valence-electron chi connectivity index (χ3n) is 1.43. The number of aromatic nitrogens is 2. The Labute approximate surface area is 65.5 Å². The van der Waals surface area contributed by atoms with Crippen LogP contribution in [0.5, 0.6) is 0 Å². The van der Waals surface area contributed by atoms with Gasteiger partial charge in [-0.3, -0.25) is 4.39 Å². The highest BCUT2D eigenvalue weighted by Crippen LogP contribution is 1.99. The van der Waals surface area contributed by atoms with E-state index in [0.29, 0.717) is 6.42 Å². The summed E-state index contributed by atoms with van der Waals surface area (Å²) in [6.45, 7) is 1.56. The van der Waals surface area contributed by atoms with Crippen molar-refractivity contribution in [2.45, 2.75) is 19.8 Å². The van der Waals surface area contributed by atoms with Crippen molar-refractivity contribution in [1.82, 2.24) is 9.97 Å². The van der Waals surface area contributed by atoms with Gasteiger partial charge < -0.3 is 0 Å². The molecule has 0 amide bonds. The molecule has 11 heavy (non-hydrogen) atoms. The molecular weight excluding hydrogens is 143 g/mol. The summed E-state index contributed by atoms with van der Waals surface area (Å²) in [5.41, 5.74) is 1.01. The Morgan fingerprint density at radius 3 is 2.55 bits per heavy atom. The van der Waals surface area contributed by atoms with Gasteiger partial charge in [-0.05, 0) is 25.3 Å². The molecule has 0 saturated heterocycles. The lowest BCUT2D eigenvalue weighted by atomic mass is 10.2. The molecule has 0 spiro atoms. The smallest absolute Gasteiger partial charge is 0.125 e. The zero-order valence-corrected chi connectivity index (χ0v) is 6.55. The molecular formula is C8H11FN2. The molecule has 0 N–H and O–H groups in total. The molecule has 0 aliphatic heterocycles. The third-order valence-corrected chi connectivity index (χ3v) is 1.43. The number of halogens is 1. The standard InChI is InChI=1S/C8H11FN2/c1-7-10-5-8(6-11-7)3-2-4-9/h5-6H,2-4H2,1H3. The van der Waals surface area contributed by atoms with Crippen molar-refractivity contribution >= 4 is 0 Å². The Bertz CT molecular complexity index is 208. The van der Waals surface area contributed by atoms with Gasteiger partial charge in [-0.25, -0.2) is 9.97 Å². The van der Waals surface area contributed by atoms with Gasteiger partial charge in [-0.1, -0.05) is 0 Å². The second-order valence-electron chi connectivity index (χ2n) is 2.43. The molecule has 0 saturated carbocycles. The van der Waals surface area contributed by atoms with Gasteiger partial charge in [-0.15, -0.1) is 0 Å². The topological polar surface area (TPSA) is 25.8 Å². The largest absolute Gasteiger partial charge is 0.251 e. The molecule has 0 bridgehead atoms. The van der Waals surface area contributed by atoms with E-state index in [1.807, 2.05) is 6.92 Å². The summed E-state index contributed by atoms with van der Waals surface area (Å²) >= 11 is 0. The molecule has 1 heterocycles. The summed E-state index contributed by atoms with van der Waals surface area (Å²) in [6.07, 6.45) is 4.79. The Morgan fingerprint density at radius 2 is 2.00 bits per heavy atom. The summed E-state index contributed by atoms with van der Waals surface area (Å²) in [5, 5.41) is 0. The Morgan fingerprint density at radius 1 is 1.36 bits per heavy atom. The molecule has 2 nitrogen and oxygen atoms in total. The Hall–Kier alpha value is -0.990. The highest BCUT2D eigenvalue weighted by molar-refractivity contribution is 5.04. The van der Waals surface area contributed by atoms with Crippen LogP contribution in [0.1, 0.15) is 17.8 Å². The fourth-order valence-corrected chi connectivity index (χ4v) is 0.819. The van der Waals surface area contributed by atoms with E-state index in [4.69, 9.17) is 0 Å². The van der Waals surface area contributed by atoms with Gasteiger partial charge >= 0.3 is 0 Å². The first-order valence-electron chi connectivity index (χ1n) is 3.66. The van der Waals surface area contributed by atoms with E-state index in [-0.39, 0.29) is 6.67 Å². The van der Waals surface area contributed by atoms with Gasteiger partial charge in [0.05, 0.1) is 6.67 Å². The predicted molar refractivity (Wildman–Crippen MR) is 41.1 cm³/mol. The van der Waals surface area contributed by atoms with Gasteiger partial charge in [0, 0.05) is 12.4 Å². The lowest BCUT2D eigenvalue weighted by molar-refractivity contribution is 0.472. The first-order valence-corrected chi connectivity index (χ1v) is 3.66. The zero-order chi connectivity index (χ0) is 8.10. The fourth-order valence-electron chi connectivity index (χ4n) is 0.819. The fraction of sp³-hybridized carbons (Fsp3) is 0.500. The second kappa shape index (κ2) is 4.01. The van der Waals surface area contributed by atoms with E-state index in [2.05, 4.69) is 9.97 Å². The monoisotopic (exact) mass is 154 g/mol. The minimum atomic E-state index is -0.270. The quantitative estimate of drug-likeness (QED) is 0.662. The summed E-state index contributed by atoms with van der Waals surface area (Å²) in [5.74, 6) is 0.758. The van der Waals surface area contributed by atoms with E-state index >= 15 is 0 Å². The molecule has 0 aliphatic rings. The highest BCUT2D eigenvalue weighted by atomic mass is 19.1. The third kappa shape index (κ3) is 2.62. The van der Waals surface area contributed by atoms with Crippen molar-refractivity contribution in [2.24, 2.45) is 0 Å². The van der Waals surface area contributed by atoms with Gasteiger partial charge in [0.15, 0.2) is 0 Å². The summed E-state index contributed by atoms with van der Waals surface area (Å²) < 4.78 is 11.7. The van der Waals surface area contributed by atoms with Crippen LogP contribution in [0.15, 0.2) is 12.4 Å². The van der Waals surface area contributed by atoms with E-state index < -0.39 is 0 Å². The lowest BCUT2D eigenvalue weighted by Crippen LogP contribution is -1.92. The first-order chi connectivity index (χ1) is 5.33. The van der Waals surface area contributed by atoms with Gasteiger partial charge in [-0.2, -0.15) is 0 Å². The lowest BCUT2D eigenvalue weighted by Gasteiger charge is -1.96. The van der Waals surface area contributed by atoms with Crippen LogP contribution in [0, 0.1) is 6.92 Å². The summed E-state index contributed by atoms with van der Waals surface area (Å²) in [7, 11) is 0. The van der Waals surface area contributed by atoms with E-state index in [1.54, 1.807) is 12.4 Å². The predicted octanol–water partition coefficient (Wildman–Crippen LogP) is 1.69. The summed E-state index contributed by atoms with van der Waals surface area (Å²) in [6, 6.07) is 0. The molecule has 0 atom stereocenters. The van der Waals surface area contributed by atoms with Gasteiger partial charge in [0.25, 0.3) is 0 Å². The van der Waals surface area contributed by atoms with E-state index in [1.165, 1.54) is 0 Å². The van der Waals surface area contributed by atoms with Crippen LogP contribution in [-0.4, -0.2) is 16.6 Å². The van der Waals surface area contributed by atoms with E-state index in [9.17, 15) is 4.39 Å². The molecule has 0 fully saturated rings. The number of aryl methyl sites for hydroxylation is 2. The van der Waals surface area contributed by atoms with Crippen molar-refractivity contribution in [1.29, 1.82) is 0 Å². The van der Waals surface area contributed by atoms with Gasteiger partial charge in [0.2, 0.25) is 0 Å². The number of nitrogens with zero attached hydrogens (tertiary/aromatic N) is 2. The number of rotatable bonds is 3. The van der Waals surface area contributed by atoms with Crippen LogP contribution in [0.3, 0.4) is 0 Å². The maximum Gasteiger partial charge on any atom is 0.125 e. The highest BCUT2D eigenvalue weighted by Gasteiger charge is 1.93. The molecule has 0 aromatic carbocycles. The van der Waals surface area contributed by atoms with Crippen LogP contribution in [0.2, 0.25) is 0 Å². The molecule has 3 heteroatoms. The normalized spacial score (nSPS) is 10.0. The van der Waals surface area contributed by atoms with Crippen molar-refractivity contribution in [2.75, 3.05) is 6.67 Å². The number of hydrogen-bond acceptors (Lipinski definition) is 2. The maximum absolute atomic E-state index is 11.7. The minimum absolute atomic E-state index is 0.270. The molecule has 1 rings (SSSR count). The second-order valence-corrected chi connectivity index (χ2v) is 2.43. The molecule has 0 radical (unpaired) electrons. The molecule has 1 aromatic heterocycles. The molecule has 0 unspecified atom stereocenters. The zero-order valence-electron chi connectivity index (χ0n) is 6.55. The molecule has 60 valence electrons. The Kier molecular flexibility index (Phi) is 2.95. The van der Waals surface area contributed by atoms with Crippen LogP contribution >= 0.6 is 0 Å². The average molecular weight is 154 g/mol. The first kappa shape index (κ1) is 8.11. The van der Waals surface area contributed by atoms with Crippen LogP contribution < -0.4 is 0 Å². The SMILES string of the molecule is Cc1ncc(CCCF)cn1. The van der Waals surface area contributed by atoms with Gasteiger partial charge in [0.1, 0.15) is 5.82 Å². The van der Waals surface area contributed by atoms with Crippen LogP contribution in [-0.2, 0) is 6.42 Å². The van der Waals surface area contributed by atoms with Crippen molar-refractivity contribution < 1.29 is 4.39 Å². The van der Waals surface area contributed by atoms with Crippen LogP contribution in [0.25, 0.3) is 0 Å². The van der Waals surface area contributed by atoms with Crippen molar-refractivity contribution in [3.05, 3.63) is 23.8 Å². The van der Waals surface area contributed by atoms with Crippen LogP contribution in [0.4, 0.5) is 4.39 Å². The number of hydrogen-bond donors (Lipinski definition) is 0. The van der Waals surface area contributed by atoms with Crippen molar-refractivity contribution in [3.8, 4) is 0 Å². The molecule has 1 aromatic rings. The maximum atomic E-state index is 11.7. The number of alkyl halides is 1. The molecule has 0 aliphatic carbocycles. The average Bonchev–Trinajstić information content (AvgIpc) is 2.04. The van der Waals surface area contributed by atoms with Crippen molar-refractivity contribution in [3.63, 3.8) is 0 Å². The minimum Gasteiger partial charge on any atom is -0.251 e.